The van der Waals surface area contributed by atoms with Gasteiger partial charge in [0.2, 0.25) is 11.8 Å². The van der Waals surface area contributed by atoms with Gasteiger partial charge in [-0.05, 0) is 58.3 Å². The maximum absolute atomic E-state index is 13.5. The van der Waals surface area contributed by atoms with E-state index in [1.54, 1.807) is 29.6 Å². The van der Waals surface area contributed by atoms with Gasteiger partial charge in [-0.25, -0.2) is 4.98 Å². The molecule has 1 saturated carbocycles. The van der Waals surface area contributed by atoms with E-state index in [-0.39, 0.29) is 35.5 Å². The number of amides is 3. The van der Waals surface area contributed by atoms with Gasteiger partial charge in [-0.1, -0.05) is 12.8 Å². The average molecular weight is 523 g/mol. The molecule has 3 atom stereocenters. The van der Waals surface area contributed by atoms with Gasteiger partial charge in [-0.3, -0.25) is 29.7 Å². The summed E-state index contributed by atoms with van der Waals surface area (Å²) in [4.78, 5) is 53.5. The Labute approximate surface area is 223 Å². The summed E-state index contributed by atoms with van der Waals surface area (Å²) in [6, 6.07) is 3.90. The molecule has 2 unspecified atom stereocenters. The number of nitrogens with zero attached hydrogens (tertiary/aromatic N) is 5. The van der Waals surface area contributed by atoms with Crippen LogP contribution < -0.4 is 10.6 Å². The first-order chi connectivity index (χ1) is 18.3. The molecule has 38 heavy (non-hydrogen) atoms. The molecule has 4 fully saturated rings. The molecule has 3 amide bonds. The number of pyridine rings is 1. The number of carbonyl (C=O) groups is 3. The first-order valence-corrected chi connectivity index (χ1v) is 13.7. The lowest BCUT2D eigenvalue weighted by Crippen LogP contribution is -2.60. The molecule has 11 heteroatoms. The number of carbonyl (C=O) groups excluding carboxylic acids is 3. The van der Waals surface area contributed by atoms with Gasteiger partial charge in [0.1, 0.15) is 16.9 Å². The highest BCUT2D eigenvalue weighted by molar-refractivity contribution is 6.14. The van der Waals surface area contributed by atoms with Gasteiger partial charge >= 0.3 is 0 Å². The zero-order chi connectivity index (χ0) is 26.9. The topological polar surface area (TPSA) is 134 Å². The fourth-order valence-electron chi connectivity index (χ4n) is 6.30. The van der Waals surface area contributed by atoms with Crippen molar-refractivity contribution in [2.24, 2.45) is 16.3 Å². The Hall–Kier alpha value is -3.34. The SMILES string of the molecule is CN(C)[C@H]1CCN(C(=O)c2ccc(NC=NCC3CC4(CCNC4=O)C(=O)N(C4CCCC4)C3=N)cn2)C1. The lowest BCUT2D eigenvalue weighted by Gasteiger charge is -2.44. The van der Waals surface area contributed by atoms with E-state index in [4.69, 9.17) is 5.41 Å². The number of rotatable bonds is 7. The fraction of sp³-hybridized carbons (Fsp3) is 0.630. The molecule has 0 bridgehead atoms. The largest absolute Gasteiger partial charge is 0.355 e. The van der Waals surface area contributed by atoms with Crippen LogP contribution >= 0.6 is 0 Å². The van der Waals surface area contributed by atoms with E-state index in [2.05, 4.69) is 25.5 Å². The van der Waals surface area contributed by atoms with E-state index in [0.717, 1.165) is 38.6 Å². The van der Waals surface area contributed by atoms with Crippen LogP contribution in [0.25, 0.3) is 0 Å². The summed E-state index contributed by atoms with van der Waals surface area (Å²) < 4.78 is 0. The number of likely N-dealkylation sites (N-methyl/N-ethyl adjacent to an activating group) is 1. The highest BCUT2D eigenvalue weighted by Crippen LogP contribution is 2.43. The number of likely N-dealkylation sites (tertiary alicyclic amines) is 2. The average Bonchev–Trinajstić information content (AvgIpc) is 3.68. The van der Waals surface area contributed by atoms with Crippen molar-refractivity contribution in [3.05, 3.63) is 24.0 Å². The highest BCUT2D eigenvalue weighted by atomic mass is 16.2. The van der Waals surface area contributed by atoms with E-state index < -0.39 is 5.41 Å². The summed E-state index contributed by atoms with van der Waals surface area (Å²) in [5.74, 6) is -0.490. The molecule has 5 rings (SSSR count). The number of nitrogens with one attached hydrogen (secondary N) is 3. The van der Waals surface area contributed by atoms with Gasteiger partial charge in [-0.2, -0.15) is 0 Å². The molecule has 204 valence electrons. The van der Waals surface area contributed by atoms with Crippen molar-refractivity contribution in [1.29, 1.82) is 5.41 Å². The summed E-state index contributed by atoms with van der Waals surface area (Å²) in [5.41, 5.74) is 0.0416. The number of hydrogen-bond acceptors (Lipinski definition) is 7. The number of aliphatic imine (C=N–C) groups is 1. The molecule has 3 aliphatic heterocycles. The Kier molecular flexibility index (Phi) is 7.47. The first kappa shape index (κ1) is 26.3. The van der Waals surface area contributed by atoms with Crippen molar-refractivity contribution < 1.29 is 14.4 Å². The molecular weight excluding hydrogens is 484 g/mol. The van der Waals surface area contributed by atoms with Crippen LogP contribution in [-0.4, -0.2) is 102 Å². The van der Waals surface area contributed by atoms with E-state index in [1.807, 2.05) is 19.0 Å². The third kappa shape index (κ3) is 4.91. The third-order valence-electron chi connectivity index (χ3n) is 8.64. The Balaban J connectivity index is 1.20. The third-order valence-corrected chi connectivity index (χ3v) is 8.64. The predicted octanol–water partition coefficient (Wildman–Crippen LogP) is 1.57. The van der Waals surface area contributed by atoms with Crippen molar-refractivity contribution in [2.75, 3.05) is 45.6 Å². The summed E-state index contributed by atoms with van der Waals surface area (Å²) in [5, 5.41) is 14.7. The number of aromatic nitrogens is 1. The van der Waals surface area contributed by atoms with Crippen molar-refractivity contribution in [2.45, 2.75) is 57.0 Å². The van der Waals surface area contributed by atoms with Crippen LogP contribution in [0.4, 0.5) is 5.69 Å². The lowest BCUT2D eigenvalue weighted by atomic mass is 9.72. The molecule has 11 nitrogen and oxygen atoms in total. The van der Waals surface area contributed by atoms with Crippen LogP contribution in [0.15, 0.2) is 23.3 Å². The minimum Gasteiger partial charge on any atom is -0.355 e. The van der Waals surface area contributed by atoms with Crippen LogP contribution in [0, 0.1) is 16.7 Å². The second-order valence-corrected chi connectivity index (χ2v) is 11.2. The summed E-state index contributed by atoms with van der Waals surface area (Å²) in [6.07, 6.45) is 8.77. The second-order valence-electron chi connectivity index (χ2n) is 11.2. The number of amidine groups is 1. The van der Waals surface area contributed by atoms with Gasteiger partial charge in [-0.15, -0.1) is 0 Å². The molecule has 1 aliphatic carbocycles. The van der Waals surface area contributed by atoms with Gasteiger partial charge in [0.15, 0.2) is 0 Å². The molecule has 1 aromatic rings. The van der Waals surface area contributed by atoms with Gasteiger partial charge in [0.05, 0.1) is 24.8 Å². The Bertz CT molecular complexity index is 1110. The highest BCUT2D eigenvalue weighted by Gasteiger charge is 2.57. The Morgan fingerprint density at radius 3 is 2.71 bits per heavy atom. The quantitative estimate of drug-likeness (QED) is 0.283. The monoisotopic (exact) mass is 522 g/mol. The zero-order valence-electron chi connectivity index (χ0n) is 22.3. The standard InChI is InChI=1S/C27H38N8O3/c1-33(2)21-9-12-34(16-21)24(36)22-8-7-19(15-31-22)32-17-29-14-18-13-27(10-11-30-25(27)37)26(38)35(23(18)28)20-5-3-4-6-20/h7-8,15,17-18,20-21,28H,3-6,9-14,16H2,1-2H3,(H,29,32)(H,30,37)/t18?,21-,27?/m0/s1. The smallest absolute Gasteiger partial charge is 0.272 e. The molecular formula is C27H38N8O3. The number of hydrogen-bond donors (Lipinski definition) is 3. The van der Waals surface area contributed by atoms with Crippen molar-refractivity contribution >= 4 is 35.6 Å². The molecule has 0 radical (unpaired) electrons. The molecule has 3 saturated heterocycles. The van der Waals surface area contributed by atoms with E-state index in [1.165, 1.54) is 0 Å². The lowest BCUT2D eigenvalue weighted by molar-refractivity contribution is -0.149. The zero-order valence-corrected chi connectivity index (χ0v) is 22.3. The minimum atomic E-state index is -1.07. The molecule has 4 aliphatic rings. The number of piperidine rings is 1. The molecule has 1 spiro atoms. The summed E-state index contributed by atoms with van der Waals surface area (Å²) in [6.45, 7) is 2.25. The molecule has 1 aromatic heterocycles. The second kappa shape index (κ2) is 10.8. The van der Waals surface area contributed by atoms with Gasteiger partial charge in [0, 0.05) is 37.6 Å². The van der Waals surface area contributed by atoms with Gasteiger partial charge < -0.3 is 20.4 Å². The van der Waals surface area contributed by atoms with Crippen molar-refractivity contribution in [1.82, 2.24) is 25.0 Å². The van der Waals surface area contributed by atoms with E-state index >= 15 is 0 Å². The van der Waals surface area contributed by atoms with Crippen LogP contribution in [0.1, 0.15) is 55.4 Å². The number of anilines is 1. The fourth-order valence-corrected chi connectivity index (χ4v) is 6.30. The van der Waals surface area contributed by atoms with Gasteiger partial charge in [0.25, 0.3) is 5.91 Å². The summed E-state index contributed by atoms with van der Waals surface area (Å²) in [7, 11) is 4.06. The van der Waals surface area contributed by atoms with Crippen LogP contribution in [0.5, 0.6) is 0 Å². The normalized spacial score (nSPS) is 28.3. The van der Waals surface area contributed by atoms with Crippen molar-refractivity contribution in [3.63, 3.8) is 0 Å². The Morgan fingerprint density at radius 1 is 1.29 bits per heavy atom. The first-order valence-electron chi connectivity index (χ1n) is 13.7. The van der Waals surface area contributed by atoms with Crippen LogP contribution in [0.2, 0.25) is 0 Å². The molecule has 3 N–H and O–H groups in total. The predicted molar refractivity (Wildman–Crippen MR) is 144 cm³/mol. The molecule has 0 aromatic carbocycles. The van der Waals surface area contributed by atoms with Crippen LogP contribution in [-0.2, 0) is 9.59 Å². The van der Waals surface area contributed by atoms with E-state index in [0.29, 0.717) is 49.9 Å². The Morgan fingerprint density at radius 2 is 2.08 bits per heavy atom. The summed E-state index contributed by atoms with van der Waals surface area (Å²) >= 11 is 0. The maximum atomic E-state index is 13.5. The van der Waals surface area contributed by atoms with Crippen LogP contribution in [0.3, 0.4) is 0 Å². The minimum absolute atomic E-state index is 0.00630. The van der Waals surface area contributed by atoms with E-state index in [9.17, 15) is 14.4 Å². The molecule has 4 heterocycles. The maximum Gasteiger partial charge on any atom is 0.272 e. The van der Waals surface area contributed by atoms with Crippen molar-refractivity contribution in [3.8, 4) is 0 Å².